The van der Waals surface area contributed by atoms with E-state index in [0.717, 1.165) is 59.8 Å². The summed E-state index contributed by atoms with van der Waals surface area (Å²) in [4.78, 5) is 11.7. The van der Waals surface area contributed by atoms with Crippen LogP contribution in [0.2, 0.25) is 0 Å². The molecule has 1 aliphatic rings. The number of benzene rings is 2. The molecule has 0 bridgehead atoms. The number of alkyl halides is 5. The van der Waals surface area contributed by atoms with Crippen LogP contribution in [0, 0.1) is 11.7 Å². The van der Waals surface area contributed by atoms with Crippen molar-refractivity contribution in [2.24, 2.45) is 5.92 Å². The van der Waals surface area contributed by atoms with Crippen LogP contribution in [-0.4, -0.2) is 24.1 Å². The number of rotatable bonds is 7. The molecular weight excluding hydrogens is 512 g/mol. The summed E-state index contributed by atoms with van der Waals surface area (Å²) in [5.74, 6) is -1.97. The van der Waals surface area contributed by atoms with Gasteiger partial charge in [0.2, 0.25) is 5.91 Å². The summed E-state index contributed by atoms with van der Waals surface area (Å²) in [6, 6.07) is 6.27. The number of hydrogen-bond acceptors (Lipinski definition) is 4. The van der Waals surface area contributed by atoms with Crippen LogP contribution in [0.15, 0.2) is 53.6 Å². The minimum Gasteiger partial charge on any atom is -0.274 e. The third kappa shape index (κ3) is 5.40. The standard InChI is InChI=1S/C23H19F6N3O3S/c24-17-6-9-19(36(34,35)31-22(33)13-2-1-3-13)14(11-17)10-15-12-32(30-20(15)21(25)26)18-7-4-16(5-8-18)23(27,28)29/h4-9,11-13,21H,1-3,10H2,(H,31,33). The van der Waals surface area contributed by atoms with Gasteiger partial charge in [0.25, 0.3) is 16.4 Å². The lowest BCUT2D eigenvalue weighted by atomic mass is 9.85. The van der Waals surface area contributed by atoms with Gasteiger partial charge in [0, 0.05) is 24.1 Å². The Hall–Kier alpha value is -3.35. The Morgan fingerprint density at radius 3 is 2.31 bits per heavy atom. The van der Waals surface area contributed by atoms with Gasteiger partial charge in [0.15, 0.2) is 0 Å². The maximum Gasteiger partial charge on any atom is 0.416 e. The fraction of sp³-hybridized carbons (Fsp3) is 0.304. The number of aromatic nitrogens is 2. The second kappa shape index (κ2) is 9.60. The summed E-state index contributed by atoms with van der Waals surface area (Å²) in [5, 5.41) is 3.74. The fourth-order valence-electron chi connectivity index (χ4n) is 3.77. The number of hydrogen-bond donors (Lipinski definition) is 1. The fourth-order valence-corrected chi connectivity index (χ4v) is 5.04. The first-order chi connectivity index (χ1) is 16.8. The SMILES string of the molecule is O=C(NS(=O)(=O)c1ccc(F)cc1Cc1cn(-c2ccc(C(F)(F)F)cc2)nc1C(F)F)C1CCC1. The quantitative estimate of drug-likeness (QED) is 0.427. The molecule has 0 spiro atoms. The van der Waals surface area contributed by atoms with Crippen molar-refractivity contribution < 1.29 is 39.6 Å². The van der Waals surface area contributed by atoms with Crippen molar-refractivity contribution in [3.63, 3.8) is 0 Å². The summed E-state index contributed by atoms with van der Waals surface area (Å²) in [5.41, 5.74) is -2.00. The zero-order valence-electron chi connectivity index (χ0n) is 18.4. The molecule has 0 radical (unpaired) electrons. The molecule has 3 aromatic rings. The molecule has 192 valence electrons. The summed E-state index contributed by atoms with van der Waals surface area (Å²) < 4.78 is 109. The van der Waals surface area contributed by atoms with Crippen LogP contribution < -0.4 is 4.72 Å². The molecule has 1 aliphatic carbocycles. The Morgan fingerprint density at radius 1 is 1.08 bits per heavy atom. The molecule has 4 rings (SSSR count). The lowest BCUT2D eigenvalue weighted by Gasteiger charge is -2.24. The molecule has 1 aromatic heterocycles. The van der Waals surface area contributed by atoms with E-state index < -0.39 is 62.8 Å². The monoisotopic (exact) mass is 531 g/mol. The predicted molar refractivity (Wildman–Crippen MR) is 115 cm³/mol. The summed E-state index contributed by atoms with van der Waals surface area (Å²) >= 11 is 0. The number of nitrogens with one attached hydrogen (secondary N) is 1. The van der Waals surface area contributed by atoms with Crippen LogP contribution in [0.25, 0.3) is 5.69 Å². The lowest BCUT2D eigenvalue weighted by Crippen LogP contribution is -2.38. The van der Waals surface area contributed by atoms with Crippen molar-refractivity contribution in [3.8, 4) is 5.69 Å². The third-order valence-corrected chi connectivity index (χ3v) is 7.34. The number of sulfonamides is 1. The van der Waals surface area contributed by atoms with E-state index >= 15 is 0 Å². The average Bonchev–Trinajstić information content (AvgIpc) is 3.15. The Balaban J connectivity index is 1.68. The van der Waals surface area contributed by atoms with Gasteiger partial charge in [-0.3, -0.25) is 4.79 Å². The number of carbonyl (C=O) groups excluding carboxylic acids is 1. The van der Waals surface area contributed by atoms with Crippen molar-refractivity contribution >= 4 is 15.9 Å². The number of halogens is 6. The van der Waals surface area contributed by atoms with Crippen molar-refractivity contribution in [1.29, 1.82) is 0 Å². The van der Waals surface area contributed by atoms with Crippen LogP contribution in [0.1, 0.15) is 48.1 Å². The van der Waals surface area contributed by atoms with Crippen LogP contribution in [0.4, 0.5) is 26.3 Å². The second-order valence-corrected chi connectivity index (χ2v) is 10.0. The molecule has 0 unspecified atom stereocenters. The van der Waals surface area contributed by atoms with Gasteiger partial charge in [-0.1, -0.05) is 6.42 Å². The molecule has 13 heteroatoms. The molecule has 36 heavy (non-hydrogen) atoms. The molecule has 1 amide bonds. The topological polar surface area (TPSA) is 81.1 Å². The number of nitrogens with zero attached hydrogens (tertiary/aromatic N) is 2. The number of amides is 1. The van der Waals surface area contributed by atoms with Gasteiger partial charge >= 0.3 is 6.18 Å². The average molecular weight is 531 g/mol. The minimum atomic E-state index is -4.59. The van der Waals surface area contributed by atoms with Gasteiger partial charge in [-0.15, -0.1) is 0 Å². The Bertz CT molecular complexity index is 1380. The Morgan fingerprint density at radius 2 is 1.75 bits per heavy atom. The van der Waals surface area contributed by atoms with E-state index in [4.69, 9.17) is 0 Å². The highest BCUT2D eigenvalue weighted by atomic mass is 32.2. The first kappa shape index (κ1) is 25.7. The Kier molecular flexibility index (Phi) is 6.86. The van der Waals surface area contributed by atoms with E-state index in [-0.39, 0.29) is 16.8 Å². The first-order valence-electron chi connectivity index (χ1n) is 10.7. The third-order valence-electron chi connectivity index (χ3n) is 5.89. The summed E-state index contributed by atoms with van der Waals surface area (Å²) in [6.07, 6.45) is -5.21. The highest BCUT2D eigenvalue weighted by molar-refractivity contribution is 7.90. The summed E-state index contributed by atoms with van der Waals surface area (Å²) in [7, 11) is -4.43. The highest BCUT2D eigenvalue weighted by Crippen LogP contribution is 2.31. The van der Waals surface area contributed by atoms with E-state index in [0.29, 0.717) is 12.8 Å². The first-order valence-corrected chi connectivity index (χ1v) is 12.2. The molecular formula is C23H19F6N3O3S. The molecule has 1 N–H and O–H groups in total. The van der Waals surface area contributed by atoms with E-state index in [9.17, 15) is 39.6 Å². The van der Waals surface area contributed by atoms with E-state index in [2.05, 4.69) is 5.10 Å². The van der Waals surface area contributed by atoms with Crippen LogP contribution in [-0.2, 0) is 27.4 Å². The zero-order valence-corrected chi connectivity index (χ0v) is 19.2. The van der Waals surface area contributed by atoms with Crippen molar-refractivity contribution in [1.82, 2.24) is 14.5 Å². The molecule has 0 saturated heterocycles. The van der Waals surface area contributed by atoms with Crippen molar-refractivity contribution in [2.75, 3.05) is 0 Å². The minimum absolute atomic E-state index is 0.0519. The molecule has 1 saturated carbocycles. The smallest absolute Gasteiger partial charge is 0.274 e. The lowest BCUT2D eigenvalue weighted by molar-refractivity contribution is -0.137. The van der Waals surface area contributed by atoms with Crippen LogP contribution in [0.3, 0.4) is 0 Å². The number of carbonyl (C=O) groups is 1. The normalized spacial score (nSPS) is 14.6. The maximum absolute atomic E-state index is 14.0. The van der Waals surface area contributed by atoms with Crippen molar-refractivity contribution in [3.05, 3.63) is 76.9 Å². The second-order valence-electron chi connectivity index (χ2n) is 8.36. The Labute approximate surface area is 202 Å². The van der Waals surface area contributed by atoms with Gasteiger partial charge in [0.1, 0.15) is 11.5 Å². The van der Waals surface area contributed by atoms with E-state index in [1.54, 1.807) is 0 Å². The van der Waals surface area contributed by atoms with Crippen LogP contribution in [0.5, 0.6) is 0 Å². The molecule has 2 aromatic carbocycles. The predicted octanol–water partition coefficient (Wildman–Crippen LogP) is 5.16. The van der Waals surface area contributed by atoms with Gasteiger partial charge in [-0.2, -0.15) is 18.3 Å². The highest BCUT2D eigenvalue weighted by Gasteiger charge is 2.31. The molecule has 1 heterocycles. The molecule has 0 aliphatic heterocycles. The largest absolute Gasteiger partial charge is 0.416 e. The van der Waals surface area contributed by atoms with Gasteiger partial charge in [-0.05, 0) is 60.9 Å². The molecule has 6 nitrogen and oxygen atoms in total. The molecule has 0 atom stereocenters. The van der Waals surface area contributed by atoms with Crippen molar-refractivity contribution in [2.45, 2.75) is 43.2 Å². The maximum atomic E-state index is 14.0. The molecule has 1 fully saturated rings. The van der Waals surface area contributed by atoms with E-state index in [1.165, 1.54) is 0 Å². The zero-order chi connectivity index (χ0) is 26.3. The van der Waals surface area contributed by atoms with Gasteiger partial charge in [0.05, 0.1) is 16.1 Å². The van der Waals surface area contributed by atoms with Crippen LogP contribution >= 0.6 is 0 Å². The van der Waals surface area contributed by atoms with Gasteiger partial charge in [-0.25, -0.2) is 31.0 Å². The van der Waals surface area contributed by atoms with Gasteiger partial charge < -0.3 is 0 Å². The summed E-state index contributed by atoms with van der Waals surface area (Å²) in [6.45, 7) is 0. The van der Waals surface area contributed by atoms with E-state index in [1.807, 2.05) is 4.72 Å².